The Morgan fingerprint density at radius 2 is 2.12 bits per heavy atom. The zero-order valence-electron chi connectivity index (χ0n) is 11.5. The first-order valence-corrected chi connectivity index (χ1v) is 7.14. The molecule has 0 bridgehead atoms. The molecule has 0 radical (unpaired) electrons. The smallest absolute Gasteiger partial charge is 0.0807 e. The van der Waals surface area contributed by atoms with Crippen molar-refractivity contribution >= 4 is 0 Å². The van der Waals surface area contributed by atoms with Crippen LogP contribution in [0.1, 0.15) is 52.4 Å². The van der Waals surface area contributed by atoms with Gasteiger partial charge in [-0.3, -0.25) is 0 Å². The van der Waals surface area contributed by atoms with Gasteiger partial charge in [0.1, 0.15) is 0 Å². The molecular weight excluding hydrogens is 214 g/mol. The molecule has 3 nitrogen and oxygen atoms in total. The Hall–Kier alpha value is -0.120. The first-order valence-electron chi connectivity index (χ1n) is 7.14. The fraction of sp³-hybridized carbons (Fsp3) is 1.00. The highest BCUT2D eigenvalue weighted by atomic mass is 16.5. The van der Waals surface area contributed by atoms with E-state index in [2.05, 4.69) is 13.8 Å². The van der Waals surface area contributed by atoms with Crippen LogP contribution in [0.3, 0.4) is 0 Å². The van der Waals surface area contributed by atoms with Gasteiger partial charge in [-0.15, -0.1) is 0 Å². The number of unbranched alkanes of at least 4 members (excludes halogenated alkanes) is 1. The summed E-state index contributed by atoms with van der Waals surface area (Å²) >= 11 is 0. The van der Waals surface area contributed by atoms with E-state index < -0.39 is 0 Å². The molecule has 0 heterocycles. The van der Waals surface area contributed by atoms with E-state index in [9.17, 15) is 0 Å². The van der Waals surface area contributed by atoms with Gasteiger partial charge in [0.15, 0.2) is 0 Å². The molecule has 0 aromatic heterocycles. The normalized spacial score (nSPS) is 29.5. The second kappa shape index (κ2) is 8.06. The molecule has 0 saturated heterocycles. The van der Waals surface area contributed by atoms with Crippen LogP contribution in [0.25, 0.3) is 0 Å². The topological polar surface area (TPSA) is 44.5 Å². The van der Waals surface area contributed by atoms with Crippen LogP contribution in [-0.4, -0.2) is 32.0 Å². The van der Waals surface area contributed by atoms with E-state index in [4.69, 9.17) is 15.2 Å². The predicted octanol–water partition coefficient (Wildman–Crippen LogP) is 2.73. The lowest BCUT2D eigenvalue weighted by molar-refractivity contribution is -0.0909. The number of nitrogens with two attached hydrogens (primary N) is 1. The summed E-state index contributed by atoms with van der Waals surface area (Å²) in [7, 11) is 0. The molecule has 1 aliphatic rings. The molecule has 2 atom stereocenters. The van der Waals surface area contributed by atoms with Crippen LogP contribution in [0, 0.1) is 5.92 Å². The molecule has 0 spiro atoms. The van der Waals surface area contributed by atoms with Gasteiger partial charge in [0.05, 0.1) is 18.8 Å². The van der Waals surface area contributed by atoms with Crippen molar-refractivity contribution < 1.29 is 9.47 Å². The van der Waals surface area contributed by atoms with Gasteiger partial charge < -0.3 is 15.2 Å². The fourth-order valence-corrected chi connectivity index (χ4v) is 2.65. The summed E-state index contributed by atoms with van der Waals surface area (Å²) in [5.74, 6) is 0.744. The lowest BCUT2D eigenvalue weighted by atomic mass is 9.79. The number of ether oxygens (including phenoxy) is 2. The summed E-state index contributed by atoms with van der Waals surface area (Å²) in [5, 5.41) is 0. The molecule has 0 aliphatic heterocycles. The van der Waals surface area contributed by atoms with E-state index in [0.29, 0.717) is 19.8 Å². The molecule has 1 aliphatic carbocycles. The Balaban J connectivity index is 2.17. The van der Waals surface area contributed by atoms with Crippen molar-refractivity contribution in [3.05, 3.63) is 0 Å². The van der Waals surface area contributed by atoms with Gasteiger partial charge in [-0.25, -0.2) is 0 Å². The quantitative estimate of drug-likeness (QED) is 0.667. The SMILES string of the molecule is CCCCOCCOC1(CN)CCCC(C)C1. The number of rotatable bonds is 8. The highest BCUT2D eigenvalue weighted by molar-refractivity contribution is 4.87. The van der Waals surface area contributed by atoms with Gasteiger partial charge in [0, 0.05) is 13.2 Å². The molecule has 0 aromatic rings. The molecule has 0 aromatic carbocycles. The molecule has 17 heavy (non-hydrogen) atoms. The van der Waals surface area contributed by atoms with Crippen LogP contribution in [0.5, 0.6) is 0 Å². The third-order valence-electron chi connectivity index (χ3n) is 3.70. The summed E-state index contributed by atoms with van der Waals surface area (Å²) in [4.78, 5) is 0. The molecule has 0 amide bonds. The van der Waals surface area contributed by atoms with Crippen molar-refractivity contribution in [2.75, 3.05) is 26.4 Å². The van der Waals surface area contributed by atoms with E-state index in [-0.39, 0.29) is 5.60 Å². The van der Waals surface area contributed by atoms with Crippen molar-refractivity contribution in [2.45, 2.75) is 58.0 Å². The third-order valence-corrected chi connectivity index (χ3v) is 3.70. The molecular formula is C14H29NO2. The van der Waals surface area contributed by atoms with Crippen molar-refractivity contribution in [1.29, 1.82) is 0 Å². The Labute approximate surface area is 106 Å². The molecule has 2 N–H and O–H groups in total. The molecule has 1 fully saturated rings. The Morgan fingerprint density at radius 1 is 1.29 bits per heavy atom. The molecule has 102 valence electrons. The molecule has 1 saturated carbocycles. The summed E-state index contributed by atoms with van der Waals surface area (Å²) < 4.78 is 11.5. The Morgan fingerprint density at radius 3 is 2.76 bits per heavy atom. The highest BCUT2D eigenvalue weighted by Crippen LogP contribution is 2.34. The second-order valence-corrected chi connectivity index (χ2v) is 5.40. The Kier molecular flexibility index (Phi) is 7.09. The van der Waals surface area contributed by atoms with Crippen molar-refractivity contribution in [2.24, 2.45) is 11.7 Å². The van der Waals surface area contributed by atoms with Gasteiger partial charge in [0.2, 0.25) is 0 Å². The van der Waals surface area contributed by atoms with E-state index in [0.717, 1.165) is 31.8 Å². The number of hydrogen-bond donors (Lipinski definition) is 1. The molecule has 3 heteroatoms. The Bertz CT molecular complexity index is 199. The first kappa shape index (κ1) is 14.9. The average molecular weight is 243 g/mol. The highest BCUT2D eigenvalue weighted by Gasteiger charge is 2.34. The van der Waals surface area contributed by atoms with Crippen LogP contribution in [0.15, 0.2) is 0 Å². The maximum atomic E-state index is 6.02. The summed E-state index contributed by atoms with van der Waals surface area (Å²) in [6, 6.07) is 0. The minimum Gasteiger partial charge on any atom is -0.379 e. The fourth-order valence-electron chi connectivity index (χ4n) is 2.65. The minimum atomic E-state index is -0.0637. The lowest BCUT2D eigenvalue weighted by Crippen LogP contribution is -2.45. The maximum absolute atomic E-state index is 6.02. The summed E-state index contributed by atoms with van der Waals surface area (Å²) in [6.45, 7) is 7.36. The van der Waals surface area contributed by atoms with E-state index in [1.54, 1.807) is 0 Å². The van der Waals surface area contributed by atoms with Crippen molar-refractivity contribution in [3.8, 4) is 0 Å². The van der Waals surface area contributed by atoms with Crippen molar-refractivity contribution in [3.63, 3.8) is 0 Å². The first-order chi connectivity index (χ1) is 8.22. The standard InChI is InChI=1S/C14H29NO2/c1-3-4-8-16-9-10-17-14(12-15)7-5-6-13(2)11-14/h13H,3-12,15H2,1-2H3. The van der Waals surface area contributed by atoms with Crippen LogP contribution >= 0.6 is 0 Å². The van der Waals surface area contributed by atoms with E-state index >= 15 is 0 Å². The van der Waals surface area contributed by atoms with Gasteiger partial charge in [0.25, 0.3) is 0 Å². The number of hydrogen-bond acceptors (Lipinski definition) is 3. The minimum absolute atomic E-state index is 0.0637. The monoisotopic (exact) mass is 243 g/mol. The third kappa shape index (κ3) is 5.36. The van der Waals surface area contributed by atoms with Gasteiger partial charge in [-0.2, -0.15) is 0 Å². The lowest BCUT2D eigenvalue weighted by Gasteiger charge is -2.39. The van der Waals surface area contributed by atoms with Gasteiger partial charge in [-0.1, -0.05) is 33.1 Å². The summed E-state index contributed by atoms with van der Waals surface area (Å²) in [6.07, 6.45) is 7.11. The van der Waals surface area contributed by atoms with Crippen molar-refractivity contribution in [1.82, 2.24) is 0 Å². The average Bonchev–Trinajstić information content (AvgIpc) is 2.34. The van der Waals surface area contributed by atoms with Gasteiger partial charge >= 0.3 is 0 Å². The second-order valence-electron chi connectivity index (χ2n) is 5.40. The van der Waals surface area contributed by atoms with Crippen LogP contribution < -0.4 is 5.73 Å². The maximum Gasteiger partial charge on any atom is 0.0807 e. The zero-order valence-corrected chi connectivity index (χ0v) is 11.5. The van der Waals surface area contributed by atoms with Gasteiger partial charge in [-0.05, 0) is 25.2 Å². The van der Waals surface area contributed by atoms with Crippen LogP contribution in [0.2, 0.25) is 0 Å². The molecule has 1 rings (SSSR count). The van der Waals surface area contributed by atoms with Crippen LogP contribution in [-0.2, 0) is 9.47 Å². The predicted molar refractivity (Wildman–Crippen MR) is 71.1 cm³/mol. The largest absolute Gasteiger partial charge is 0.379 e. The van der Waals surface area contributed by atoms with E-state index in [1.807, 2.05) is 0 Å². The zero-order chi connectivity index (χ0) is 12.6. The van der Waals surface area contributed by atoms with E-state index in [1.165, 1.54) is 19.3 Å². The summed E-state index contributed by atoms with van der Waals surface area (Å²) in [5.41, 5.74) is 5.83. The molecule has 2 unspecified atom stereocenters. The van der Waals surface area contributed by atoms with Crippen LogP contribution in [0.4, 0.5) is 0 Å².